The van der Waals surface area contributed by atoms with Crippen molar-refractivity contribution in [2.24, 2.45) is 5.41 Å². The van der Waals surface area contributed by atoms with Gasteiger partial charge >= 0.3 is 0 Å². The SMILES string of the molecule is [2H]C(C)(C)c1cccc(C([2H])(C)C)c1-n1c(-c2[c-]cccc2)nc2ccccc21.[2H]C([2H])(c1ccc(-c2ccnc(-c3[c-]ccc4c3oc3c4ccc4c5ccccc5oc43)c2)cc1)C(C)(C)C.[Ir]. The van der Waals surface area contributed by atoms with E-state index < -0.39 is 23.6 Å². The topological polar surface area (TPSA) is 57.0 Å². The van der Waals surface area contributed by atoms with Crippen LogP contribution < -0.4 is 0 Å². The van der Waals surface area contributed by atoms with Crippen molar-refractivity contribution in [3.8, 4) is 39.5 Å². The number of imidazole rings is 1. The molecule has 0 amide bonds. The first-order chi connectivity index (χ1) is 32.4. The monoisotopic (exact) mass is 1030 g/mol. The summed E-state index contributed by atoms with van der Waals surface area (Å²) in [5.74, 6) is -0.895. The van der Waals surface area contributed by atoms with Gasteiger partial charge in [0.1, 0.15) is 5.58 Å². The van der Waals surface area contributed by atoms with Crippen LogP contribution in [-0.2, 0) is 26.5 Å². The molecule has 7 aromatic carbocycles. The molecule has 0 aliphatic carbocycles. The van der Waals surface area contributed by atoms with Gasteiger partial charge in [0.05, 0.1) is 22.4 Å². The van der Waals surface area contributed by atoms with Crippen molar-refractivity contribution in [3.05, 3.63) is 187 Å². The van der Waals surface area contributed by atoms with E-state index in [0.29, 0.717) is 5.56 Å². The van der Waals surface area contributed by atoms with E-state index in [1.54, 1.807) is 6.20 Å². The van der Waals surface area contributed by atoms with Gasteiger partial charge in [-0.05, 0) is 87.4 Å². The fourth-order valence-corrected chi connectivity index (χ4v) is 8.65. The number of hydrogen-bond donors (Lipinski definition) is 0. The number of furan rings is 2. The summed E-state index contributed by atoms with van der Waals surface area (Å²) in [4.78, 5) is 9.58. The number of rotatable bonds is 7. The van der Waals surface area contributed by atoms with Gasteiger partial charge in [0.25, 0.3) is 0 Å². The second-order valence-electron chi connectivity index (χ2n) is 17.7. The number of pyridine rings is 1. The van der Waals surface area contributed by atoms with Gasteiger partial charge in [-0.1, -0.05) is 144 Å². The molecule has 0 N–H and O–H groups in total. The van der Waals surface area contributed by atoms with E-state index in [-0.39, 0.29) is 20.1 Å². The number of fused-ring (bicyclic) bond motifs is 8. The van der Waals surface area contributed by atoms with Crippen molar-refractivity contribution in [1.82, 2.24) is 14.5 Å². The second-order valence-corrected chi connectivity index (χ2v) is 17.7. The molecule has 4 heterocycles. The van der Waals surface area contributed by atoms with Crippen molar-refractivity contribution in [1.29, 1.82) is 0 Å². The maximum absolute atomic E-state index is 8.80. The van der Waals surface area contributed by atoms with Crippen molar-refractivity contribution < 1.29 is 34.4 Å². The predicted molar refractivity (Wildman–Crippen MR) is 265 cm³/mol. The molecule has 325 valence electrons. The summed E-state index contributed by atoms with van der Waals surface area (Å²) in [5.41, 5.74) is 12.1. The number of para-hydroxylation sites is 4. The van der Waals surface area contributed by atoms with E-state index in [4.69, 9.17) is 19.3 Å². The van der Waals surface area contributed by atoms with Crippen LogP contribution in [-0.4, -0.2) is 14.5 Å². The summed E-state index contributed by atoms with van der Waals surface area (Å²) in [6.07, 6.45) is 0.353. The summed E-state index contributed by atoms with van der Waals surface area (Å²) in [7, 11) is 0. The molecule has 0 fully saturated rings. The zero-order valence-electron chi connectivity index (χ0n) is 41.5. The summed E-state index contributed by atoms with van der Waals surface area (Å²) in [6, 6.07) is 56.3. The Labute approximate surface area is 400 Å². The van der Waals surface area contributed by atoms with E-state index in [0.717, 1.165) is 105 Å². The van der Waals surface area contributed by atoms with Crippen LogP contribution in [0.25, 0.3) is 94.4 Å². The Morgan fingerprint density at radius 2 is 1.32 bits per heavy atom. The molecular formula is C59H51IrN3O2-2. The number of hydrogen-bond acceptors (Lipinski definition) is 4. The van der Waals surface area contributed by atoms with Gasteiger partial charge in [-0.15, -0.1) is 54.1 Å². The normalized spacial score (nSPS) is 13.3. The maximum Gasteiger partial charge on any atom is 0.177 e. The average molecular weight is 1030 g/mol. The van der Waals surface area contributed by atoms with Crippen LogP contribution >= 0.6 is 0 Å². The summed E-state index contributed by atoms with van der Waals surface area (Å²) >= 11 is 0. The molecule has 6 heteroatoms. The first-order valence-corrected chi connectivity index (χ1v) is 21.7. The molecule has 0 aliphatic heterocycles. The zero-order chi connectivity index (χ0) is 47.8. The molecule has 0 bridgehead atoms. The van der Waals surface area contributed by atoms with Gasteiger partial charge in [0, 0.05) is 53.6 Å². The van der Waals surface area contributed by atoms with Gasteiger partial charge in [0.15, 0.2) is 11.2 Å². The molecule has 11 rings (SSSR count). The van der Waals surface area contributed by atoms with Crippen molar-refractivity contribution in [2.75, 3.05) is 0 Å². The van der Waals surface area contributed by atoms with Crippen LogP contribution in [0.2, 0.25) is 0 Å². The van der Waals surface area contributed by atoms with Crippen LogP contribution in [0.15, 0.2) is 167 Å². The van der Waals surface area contributed by atoms with Crippen molar-refractivity contribution in [2.45, 2.75) is 66.6 Å². The molecule has 0 spiro atoms. The Kier molecular flexibility index (Phi) is 10.6. The van der Waals surface area contributed by atoms with Gasteiger partial charge in [-0.3, -0.25) is 4.98 Å². The molecule has 11 aromatic rings. The summed E-state index contributed by atoms with van der Waals surface area (Å²) < 4.78 is 49.6. The molecule has 5 nitrogen and oxygen atoms in total. The van der Waals surface area contributed by atoms with Gasteiger partial charge in [-0.2, -0.15) is 0 Å². The van der Waals surface area contributed by atoms with Crippen LogP contribution in [0.3, 0.4) is 0 Å². The predicted octanol–water partition coefficient (Wildman–Crippen LogP) is 16.3. The average Bonchev–Trinajstić information content (AvgIpc) is 4.03. The fourth-order valence-electron chi connectivity index (χ4n) is 8.65. The molecular weight excluding hydrogens is 975 g/mol. The molecule has 1 radical (unpaired) electrons. The minimum atomic E-state index is -1.44. The third-order valence-electron chi connectivity index (χ3n) is 11.5. The third kappa shape index (κ3) is 8.34. The first kappa shape index (κ1) is 38.8. The van der Waals surface area contributed by atoms with Crippen LogP contribution in [0.4, 0.5) is 0 Å². The van der Waals surface area contributed by atoms with Crippen molar-refractivity contribution in [3.63, 3.8) is 0 Å². The van der Waals surface area contributed by atoms with E-state index in [1.165, 1.54) is 0 Å². The number of nitrogens with zero attached hydrogens (tertiary/aromatic N) is 3. The molecule has 4 aromatic heterocycles. The number of benzene rings is 7. The third-order valence-corrected chi connectivity index (χ3v) is 11.5. The molecule has 0 saturated heterocycles. The Morgan fingerprint density at radius 3 is 2.05 bits per heavy atom. The molecule has 0 aliphatic rings. The van der Waals surface area contributed by atoms with Crippen LogP contribution in [0, 0.1) is 17.5 Å². The maximum atomic E-state index is 8.80. The smallest absolute Gasteiger partial charge is 0.177 e. The van der Waals surface area contributed by atoms with Gasteiger partial charge < -0.3 is 18.4 Å². The Bertz CT molecular complexity index is 3630. The van der Waals surface area contributed by atoms with Crippen molar-refractivity contribution >= 4 is 54.9 Å². The quantitative estimate of drug-likeness (QED) is 0.149. The Morgan fingerprint density at radius 1 is 0.646 bits per heavy atom. The minimum absolute atomic E-state index is 0. The second kappa shape index (κ2) is 17.8. The van der Waals surface area contributed by atoms with Gasteiger partial charge in [-0.25, -0.2) is 0 Å². The Balaban J connectivity index is 0.000000177. The molecule has 0 unspecified atom stereocenters. The van der Waals surface area contributed by atoms with E-state index in [2.05, 4.69) is 39.9 Å². The van der Waals surface area contributed by atoms with Crippen LogP contribution in [0.5, 0.6) is 0 Å². The largest absolute Gasteiger partial charge is 0.497 e. The molecule has 65 heavy (non-hydrogen) atoms. The van der Waals surface area contributed by atoms with Gasteiger partial charge in [0.2, 0.25) is 0 Å². The standard InChI is InChI=1S/C34H26NO2.C25H25N2.Ir/c1-34(2,3)20-21-11-13-22(14-12-21)23-17-18-35-29(19-23)28-9-6-8-25-27-16-15-26-24-7-4-5-10-30(24)36-32(26)33(27)37-31(25)28;1-17(2)20-13-10-14-21(18(3)4)24(20)27-23-16-9-8-15-22(23)26-25(27)19-11-6-5-7-12-19;/h4-8,10-19H,20H2,1-3H3;5-11,13-18H,1-4H3;/q2*-1;/i20D2;17D,18D;. The summed E-state index contributed by atoms with van der Waals surface area (Å²) in [5, 5.41) is 4.08. The van der Waals surface area contributed by atoms with Crippen LogP contribution in [0.1, 0.15) is 82.4 Å². The van der Waals surface area contributed by atoms with E-state index in [9.17, 15) is 0 Å². The number of aromatic nitrogens is 3. The molecule has 0 saturated carbocycles. The minimum Gasteiger partial charge on any atom is -0.497 e. The zero-order valence-corrected chi connectivity index (χ0v) is 39.9. The molecule has 0 atom stereocenters. The Hall–Kier alpha value is -6.59. The first-order valence-electron chi connectivity index (χ1n) is 23.7. The van der Waals surface area contributed by atoms with E-state index in [1.807, 2.05) is 182 Å². The summed E-state index contributed by atoms with van der Waals surface area (Å²) in [6.45, 7) is 13.3. The van der Waals surface area contributed by atoms with E-state index >= 15 is 0 Å². The fraction of sp³-hybridized carbons (Fsp3) is 0.186.